The van der Waals surface area contributed by atoms with Gasteiger partial charge in [-0.1, -0.05) is 6.07 Å². The molecule has 0 fully saturated rings. The molecule has 2 nitrogen and oxygen atoms in total. The second kappa shape index (κ2) is 4.89. The molecule has 2 rings (SSSR count). The first-order valence-electron chi connectivity index (χ1n) is 5.64. The third-order valence-electron chi connectivity index (χ3n) is 2.75. The maximum Gasteiger partial charge on any atom is 0.123 e. The second-order valence-electron chi connectivity index (χ2n) is 4.25. The maximum atomic E-state index is 13.0. The Morgan fingerprint density at radius 1 is 1.06 bits per heavy atom. The van der Waals surface area contributed by atoms with Gasteiger partial charge in [-0.05, 0) is 55.3 Å². The number of nitrogens with one attached hydrogen (secondary N) is 1. The lowest BCUT2D eigenvalue weighted by molar-refractivity contribution is 0.627. The molecular weight excluding hydrogens is 227 g/mol. The van der Waals surface area contributed by atoms with Gasteiger partial charge in [0.05, 0.1) is 11.3 Å². The molecule has 0 saturated carbocycles. The zero-order valence-electron chi connectivity index (χ0n) is 10.3. The van der Waals surface area contributed by atoms with Crippen LogP contribution in [0.4, 0.5) is 15.8 Å². The summed E-state index contributed by atoms with van der Waals surface area (Å²) < 4.78 is 13.0. The average Bonchev–Trinajstić information content (AvgIpc) is 2.33. The van der Waals surface area contributed by atoms with Crippen LogP contribution in [0.3, 0.4) is 0 Å². The average molecular weight is 240 g/mol. The van der Waals surface area contributed by atoms with Crippen molar-refractivity contribution < 1.29 is 4.39 Å². The highest BCUT2D eigenvalue weighted by Crippen LogP contribution is 2.24. The third-order valence-corrected chi connectivity index (χ3v) is 2.75. The molecule has 2 aromatic carbocycles. The van der Waals surface area contributed by atoms with Crippen LogP contribution in [-0.4, -0.2) is 0 Å². The molecule has 0 aliphatic heterocycles. The fourth-order valence-corrected chi connectivity index (χ4v) is 1.77. The van der Waals surface area contributed by atoms with Gasteiger partial charge in [0, 0.05) is 5.69 Å². The molecule has 0 unspecified atom stereocenters. The van der Waals surface area contributed by atoms with Gasteiger partial charge in [-0.3, -0.25) is 0 Å². The van der Waals surface area contributed by atoms with E-state index in [1.54, 1.807) is 12.1 Å². The van der Waals surface area contributed by atoms with Crippen molar-refractivity contribution in [2.45, 2.75) is 13.8 Å². The quantitative estimate of drug-likeness (QED) is 0.859. The van der Waals surface area contributed by atoms with Crippen LogP contribution in [0.5, 0.6) is 0 Å². The van der Waals surface area contributed by atoms with Crippen molar-refractivity contribution in [2.75, 3.05) is 5.32 Å². The van der Waals surface area contributed by atoms with E-state index >= 15 is 0 Å². The lowest BCUT2D eigenvalue weighted by atomic mass is 10.1. The van der Waals surface area contributed by atoms with Gasteiger partial charge in [0.1, 0.15) is 11.9 Å². The molecule has 0 radical (unpaired) electrons. The number of anilines is 2. The summed E-state index contributed by atoms with van der Waals surface area (Å²) in [7, 11) is 0. The molecule has 1 N–H and O–H groups in total. The van der Waals surface area contributed by atoms with Gasteiger partial charge in [-0.2, -0.15) is 5.26 Å². The van der Waals surface area contributed by atoms with Gasteiger partial charge in [0.15, 0.2) is 0 Å². The van der Waals surface area contributed by atoms with Gasteiger partial charge >= 0.3 is 0 Å². The highest BCUT2D eigenvalue weighted by molar-refractivity contribution is 5.69. The Hall–Kier alpha value is -2.34. The fraction of sp³-hybridized carbons (Fsp3) is 0.133. The molecule has 0 saturated heterocycles. The van der Waals surface area contributed by atoms with E-state index in [0.29, 0.717) is 5.56 Å². The SMILES string of the molecule is Cc1ccc(C#N)c(Nc2ccc(F)cc2C)c1. The summed E-state index contributed by atoms with van der Waals surface area (Å²) in [4.78, 5) is 0. The normalized spacial score (nSPS) is 9.89. The van der Waals surface area contributed by atoms with Crippen LogP contribution in [0.1, 0.15) is 16.7 Å². The van der Waals surface area contributed by atoms with Gasteiger partial charge in [0.25, 0.3) is 0 Å². The van der Waals surface area contributed by atoms with Crippen LogP contribution >= 0.6 is 0 Å². The molecule has 3 heteroatoms. The molecular formula is C15H13FN2. The summed E-state index contributed by atoms with van der Waals surface area (Å²) in [6.07, 6.45) is 0. The number of aryl methyl sites for hydroxylation is 2. The first-order valence-corrected chi connectivity index (χ1v) is 5.64. The Kier molecular flexibility index (Phi) is 3.29. The van der Waals surface area contributed by atoms with Crippen molar-refractivity contribution in [1.29, 1.82) is 5.26 Å². The van der Waals surface area contributed by atoms with Crippen LogP contribution in [0.25, 0.3) is 0 Å². The van der Waals surface area contributed by atoms with Gasteiger partial charge in [-0.25, -0.2) is 4.39 Å². The summed E-state index contributed by atoms with van der Waals surface area (Å²) in [5.74, 6) is -0.261. The first kappa shape index (κ1) is 12.1. The predicted molar refractivity (Wildman–Crippen MR) is 70.3 cm³/mol. The summed E-state index contributed by atoms with van der Waals surface area (Å²) >= 11 is 0. The smallest absolute Gasteiger partial charge is 0.123 e. The molecule has 0 bridgehead atoms. The first-order chi connectivity index (χ1) is 8.60. The molecule has 18 heavy (non-hydrogen) atoms. The minimum Gasteiger partial charge on any atom is -0.354 e. The number of hydrogen-bond donors (Lipinski definition) is 1. The molecule has 90 valence electrons. The number of benzene rings is 2. The van der Waals surface area contributed by atoms with Crippen LogP contribution < -0.4 is 5.32 Å². The number of rotatable bonds is 2. The molecule has 0 aliphatic rings. The van der Waals surface area contributed by atoms with Crippen molar-refractivity contribution in [3.63, 3.8) is 0 Å². The Balaban J connectivity index is 2.40. The van der Waals surface area contributed by atoms with E-state index in [9.17, 15) is 4.39 Å². The van der Waals surface area contributed by atoms with Crippen LogP contribution in [0, 0.1) is 31.0 Å². The highest BCUT2D eigenvalue weighted by atomic mass is 19.1. The maximum absolute atomic E-state index is 13.0. The van der Waals surface area contributed by atoms with Crippen molar-refractivity contribution in [3.05, 3.63) is 58.9 Å². The van der Waals surface area contributed by atoms with Crippen LogP contribution in [0.15, 0.2) is 36.4 Å². The molecule has 0 amide bonds. The zero-order valence-corrected chi connectivity index (χ0v) is 10.3. The highest BCUT2D eigenvalue weighted by Gasteiger charge is 2.05. The van der Waals surface area contributed by atoms with E-state index in [-0.39, 0.29) is 5.82 Å². The Morgan fingerprint density at radius 2 is 1.83 bits per heavy atom. The van der Waals surface area contributed by atoms with Crippen molar-refractivity contribution in [2.24, 2.45) is 0 Å². The van der Waals surface area contributed by atoms with Crippen LogP contribution in [-0.2, 0) is 0 Å². The van der Waals surface area contributed by atoms with E-state index in [0.717, 1.165) is 22.5 Å². The Bertz CT molecular complexity index is 627. The molecule has 0 heterocycles. The fourth-order valence-electron chi connectivity index (χ4n) is 1.77. The number of halogens is 1. The van der Waals surface area contributed by atoms with Crippen molar-refractivity contribution in [1.82, 2.24) is 0 Å². The van der Waals surface area contributed by atoms with E-state index in [1.807, 2.05) is 26.0 Å². The number of nitriles is 1. The van der Waals surface area contributed by atoms with Crippen molar-refractivity contribution in [3.8, 4) is 6.07 Å². The van der Waals surface area contributed by atoms with Gasteiger partial charge < -0.3 is 5.32 Å². The van der Waals surface area contributed by atoms with Gasteiger partial charge in [0.2, 0.25) is 0 Å². The molecule has 2 aromatic rings. The number of hydrogen-bond acceptors (Lipinski definition) is 2. The standard InChI is InChI=1S/C15H13FN2/c1-10-3-4-12(9-17)15(7-10)18-14-6-5-13(16)8-11(14)2/h3-8,18H,1-2H3. The van der Waals surface area contributed by atoms with Gasteiger partial charge in [-0.15, -0.1) is 0 Å². The largest absolute Gasteiger partial charge is 0.354 e. The Morgan fingerprint density at radius 3 is 2.50 bits per heavy atom. The molecule has 0 atom stereocenters. The van der Waals surface area contributed by atoms with E-state index in [1.165, 1.54) is 12.1 Å². The van der Waals surface area contributed by atoms with E-state index in [4.69, 9.17) is 5.26 Å². The van der Waals surface area contributed by atoms with E-state index in [2.05, 4.69) is 11.4 Å². The second-order valence-corrected chi connectivity index (χ2v) is 4.25. The van der Waals surface area contributed by atoms with E-state index < -0.39 is 0 Å². The lowest BCUT2D eigenvalue weighted by Crippen LogP contribution is -1.96. The predicted octanol–water partition coefficient (Wildman–Crippen LogP) is 4.06. The molecule has 0 spiro atoms. The third kappa shape index (κ3) is 2.49. The minimum atomic E-state index is -0.261. The zero-order chi connectivity index (χ0) is 13.1. The summed E-state index contributed by atoms with van der Waals surface area (Å²) in [5.41, 5.74) is 3.99. The molecule has 0 aromatic heterocycles. The minimum absolute atomic E-state index is 0.261. The lowest BCUT2D eigenvalue weighted by Gasteiger charge is -2.11. The number of nitrogens with zero attached hydrogens (tertiary/aromatic N) is 1. The monoisotopic (exact) mass is 240 g/mol. The topological polar surface area (TPSA) is 35.8 Å². The summed E-state index contributed by atoms with van der Waals surface area (Å²) in [6, 6.07) is 12.2. The summed E-state index contributed by atoms with van der Waals surface area (Å²) in [6.45, 7) is 3.79. The molecule has 0 aliphatic carbocycles. The van der Waals surface area contributed by atoms with Crippen molar-refractivity contribution >= 4 is 11.4 Å². The Labute approximate surface area is 106 Å². The summed E-state index contributed by atoms with van der Waals surface area (Å²) in [5, 5.41) is 12.2. The van der Waals surface area contributed by atoms with Crippen LogP contribution in [0.2, 0.25) is 0 Å².